The molecule has 0 saturated heterocycles. The quantitative estimate of drug-likeness (QED) is 0.604. The molecule has 0 aliphatic rings. The van der Waals surface area contributed by atoms with E-state index in [1.807, 2.05) is 60.2 Å². The minimum Gasteiger partial charge on any atom is -0.333 e. The lowest BCUT2D eigenvalue weighted by Gasteiger charge is -2.07. The highest BCUT2D eigenvalue weighted by Crippen LogP contribution is 2.24. The first-order valence-electron chi connectivity index (χ1n) is 7.90. The van der Waals surface area contributed by atoms with Crippen molar-refractivity contribution < 1.29 is 4.79 Å². The third-order valence-corrected chi connectivity index (χ3v) is 4.84. The summed E-state index contributed by atoms with van der Waals surface area (Å²) in [5, 5.41) is 3.96. The van der Waals surface area contributed by atoms with Gasteiger partial charge >= 0.3 is 0 Å². The van der Waals surface area contributed by atoms with E-state index in [1.54, 1.807) is 23.9 Å². The van der Waals surface area contributed by atoms with Crippen LogP contribution in [0.25, 0.3) is 10.2 Å². The maximum Gasteiger partial charge on any atom is 0.255 e. The fourth-order valence-corrected chi connectivity index (χ4v) is 3.48. The molecule has 2 aromatic heterocycles. The van der Waals surface area contributed by atoms with E-state index in [0.717, 1.165) is 33.0 Å². The van der Waals surface area contributed by atoms with Crippen LogP contribution in [0.2, 0.25) is 0 Å². The highest BCUT2D eigenvalue weighted by Gasteiger charge is 2.08. The van der Waals surface area contributed by atoms with Gasteiger partial charge in [-0.2, -0.15) is 0 Å². The zero-order chi connectivity index (χ0) is 17.2. The standard InChI is InChI=1S/C19H16N4OS/c1-13-21-17-10-16(6-7-18(17)25-13)22-19(24)15-4-2-14(3-5-15)11-23-9-8-20-12-23/h2-10,12H,11H2,1H3,(H,22,24). The van der Waals surface area contributed by atoms with Crippen LogP contribution in [0, 0.1) is 6.92 Å². The fraction of sp³-hybridized carbons (Fsp3) is 0.105. The van der Waals surface area contributed by atoms with E-state index in [4.69, 9.17) is 0 Å². The van der Waals surface area contributed by atoms with Gasteiger partial charge in [-0.1, -0.05) is 12.1 Å². The number of amides is 1. The molecule has 0 radical (unpaired) electrons. The number of fused-ring (bicyclic) bond motifs is 1. The van der Waals surface area contributed by atoms with Gasteiger partial charge in [0, 0.05) is 30.2 Å². The lowest BCUT2D eigenvalue weighted by Crippen LogP contribution is -2.11. The molecule has 0 bridgehead atoms. The molecule has 5 nitrogen and oxygen atoms in total. The summed E-state index contributed by atoms with van der Waals surface area (Å²) in [6, 6.07) is 13.4. The summed E-state index contributed by atoms with van der Waals surface area (Å²) >= 11 is 1.65. The largest absolute Gasteiger partial charge is 0.333 e. The second-order valence-electron chi connectivity index (χ2n) is 5.80. The summed E-state index contributed by atoms with van der Waals surface area (Å²) < 4.78 is 3.11. The van der Waals surface area contributed by atoms with E-state index < -0.39 is 0 Å². The molecule has 1 N–H and O–H groups in total. The Morgan fingerprint density at radius 3 is 2.80 bits per heavy atom. The van der Waals surface area contributed by atoms with Crippen LogP contribution in [-0.2, 0) is 6.54 Å². The molecule has 6 heteroatoms. The van der Waals surface area contributed by atoms with Gasteiger partial charge in [0.1, 0.15) is 0 Å². The highest BCUT2D eigenvalue weighted by molar-refractivity contribution is 7.18. The van der Waals surface area contributed by atoms with Crippen molar-refractivity contribution in [3.8, 4) is 0 Å². The highest BCUT2D eigenvalue weighted by atomic mass is 32.1. The Hall–Kier alpha value is -2.99. The van der Waals surface area contributed by atoms with Gasteiger partial charge in [0.05, 0.1) is 21.6 Å². The first kappa shape index (κ1) is 15.5. The number of rotatable bonds is 4. The monoisotopic (exact) mass is 348 g/mol. The molecule has 0 saturated carbocycles. The van der Waals surface area contributed by atoms with Gasteiger partial charge in [-0.05, 0) is 42.8 Å². The average Bonchev–Trinajstić information content (AvgIpc) is 3.23. The van der Waals surface area contributed by atoms with Gasteiger partial charge in [-0.25, -0.2) is 9.97 Å². The van der Waals surface area contributed by atoms with Crippen molar-refractivity contribution in [3.63, 3.8) is 0 Å². The van der Waals surface area contributed by atoms with Crippen molar-refractivity contribution in [1.29, 1.82) is 0 Å². The van der Waals surface area contributed by atoms with Crippen LogP contribution in [0.5, 0.6) is 0 Å². The number of hydrogen-bond acceptors (Lipinski definition) is 4. The van der Waals surface area contributed by atoms with Gasteiger partial charge < -0.3 is 9.88 Å². The molecule has 1 amide bonds. The molecule has 0 atom stereocenters. The maximum atomic E-state index is 12.4. The summed E-state index contributed by atoms with van der Waals surface area (Å²) in [4.78, 5) is 20.9. The number of thiazole rings is 1. The number of aromatic nitrogens is 3. The minimum atomic E-state index is -0.125. The number of carbonyl (C=O) groups excluding carboxylic acids is 1. The Bertz CT molecular complexity index is 1020. The molecule has 4 rings (SSSR count). The molecule has 0 spiro atoms. The Morgan fingerprint density at radius 2 is 2.04 bits per heavy atom. The molecule has 0 aliphatic carbocycles. The van der Waals surface area contributed by atoms with Crippen LogP contribution in [-0.4, -0.2) is 20.4 Å². The first-order valence-corrected chi connectivity index (χ1v) is 8.72. The predicted octanol–water partition coefficient (Wildman–Crippen LogP) is 4.10. The van der Waals surface area contributed by atoms with E-state index in [1.165, 1.54) is 0 Å². The maximum absolute atomic E-state index is 12.4. The van der Waals surface area contributed by atoms with Gasteiger partial charge in [0.15, 0.2) is 0 Å². The number of anilines is 1. The number of nitrogens with zero attached hydrogens (tertiary/aromatic N) is 3. The number of aryl methyl sites for hydroxylation is 1. The van der Waals surface area contributed by atoms with Crippen molar-refractivity contribution in [2.45, 2.75) is 13.5 Å². The second kappa shape index (κ2) is 6.49. The molecule has 4 aromatic rings. The van der Waals surface area contributed by atoms with Crippen LogP contribution in [0.4, 0.5) is 5.69 Å². The molecule has 2 aromatic carbocycles. The molecule has 124 valence electrons. The van der Waals surface area contributed by atoms with Crippen LogP contribution < -0.4 is 5.32 Å². The summed E-state index contributed by atoms with van der Waals surface area (Å²) in [6.07, 6.45) is 5.44. The average molecular weight is 348 g/mol. The topological polar surface area (TPSA) is 59.8 Å². The molecule has 0 fully saturated rings. The fourth-order valence-electron chi connectivity index (χ4n) is 2.68. The Balaban J connectivity index is 1.47. The van der Waals surface area contributed by atoms with Crippen molar-refractivity contribution in [1.82, 2.24) is 14.5 Å². The van der Waals surface area contributed by atoms with Gasteiger partial charge in [-0.15, -0.1) is 11.3 Å². The number of hydrogen-bond donors (Lipinski definition) is 1. The third-order valence-electron chi connectivity index (χ3n) is 3.89. The second-order valence-corrected chi connectivity index (χ2v) is 7.04. The van der Waals surface area contributed by atoms with Crippen LogP contribution in [0.3, 0.4) is 0 Å². The molecule has 25 heavy (non-hydrogen) atoms. The molecule has 0 aliphatic heterocycles. The third kappa shape index (κ3) is 3.44. The van der Waals surface area contributed by atoms with Gasteiger partial charge in [0.25, 0.3) is 5.91 Å². The lowest BCUT2D eigenvalue weighted by atomic mass is 10.1. The van der Waals surface area contributed by atoms with E-state index in [2.05, 4.69) is 15.3 Å². The number of imidazole rings is 1. The Labute approximate surface area is 149 Å². The zero-order valence-corrected chi connectivity index (χ0v) is 14.5. The normalized spacial score (nSPS) is 10.9. The van der Waals surface area contributed by atoms with E-state index in [0.29, 0.717) is 5.56 Å². The van der Waals surface area contributed by atoms with Crippen molar-refractivity contribution in [2.24, 2.45) is 0 Å². The van der Waals surface area contributed by atoms with E-state index in [-0.39, 0.29) is 5.91 Å². The van der Waals surface area contributed by atoms with E-state index in [9.17, 15) is 4.79 Å². The zero-order valence-electron chi connectivity index (χ0n) is 13.6. The van der Waals surface area contributed by atoms with Gasteiger partial charge in [-0.3, -0.25) is 4.79 Å². The molecule has 0 unspecified atom stereocenters. The van der Waals surface area contributed by atoms with Crippen LogP contribution >= 0.6 is 11.3 Å². The number of carbonyl (C=O) groups is 1. The molecular formula is C19H16N4OS. The number of nitrogens with one attached hydrogen (secondary N) is 1. The Kier molecular flexibility index (Phi) is 4.03. The minimum absolute atomic E-state index is 0.125. The van der Waals surface area contributed by atoms with Crippen molar-refractivity contribution >= 4 is 33.1 Å². The van der Waals surface area contributed by atoms with E-state index >= 15 is 0 Å². The first-order chi connectivity index (χ1) is 12.2. The summed E-state index contributed by atoms with van der Waals surface area (Å²) in [5.41, 5.74) is 3.42. The molecular weight excluding hydrogens is 332 g/mol. The number of benzene rings is 2. The van der Waals surface area contributed by atoms with Crippen molar-refractivity contribution in [3.05, 3.63) is 77.3 Å². The summed E-state index contributed by atoms with van der Waals surface area (Å²) in [6.45, 7) is 2.72. The SMILES string of the molecule is Cc1nc2cc(NC(=O)c3ccc(Cn4ccnc4)cc3)ccc2s1. The Morgan fingerprint density at radius 1 is 1.20 bits per heavy atom. The summed E-state index contributed by atoms with van der Waals surface area (Å²) in [5.74, 6) is -0.125. The smallest absolute Gasteiger partial charge is 0.255 e. The van der Waals surface area contributed by atoms with Crippen LogP contribution in [0.1, 0.15) is 20.9 Å². The van der Waals surface area contributed by atoms with Crippen molar-refractivity contribution in [2.75, 3.05) is 5.32 Å². The predicted molar refractivity (Wildman–Crippen MR) is 100 cm³/mol. The van der Waals surface area contributed by atoms with Crippen LogP contribution in [0.15, 0.2) is 61.2 Å². The van der Waals surface area contributed by atoms with Gasteiger partial charge in [0.2, 0.25) is 0 Å². The molecule has 2 heterocycles. The lowest BCUT2D eigenvalue weighted by molar-refractivity contribution is 0.102. The summed E-state index contributed by atoms with van der Waals surface area (Å²) in [7, 11) is 0.